The van der Waals surface area contributed by atoms with Gasteiger partial charge in [-0.05, 0) is 30.3 Å². The molecule has 0 amide bonds. The highest BCUT2D eigenvalue weighted by atomic mass is 19.1. The van der Waals surface area contributed by atoms with Crippen molar-refractivity contribution in [2.24, 2.45) is 0 Å². The average Bonchev–Trinajstić information content (AvgIpc) is 2.36. The van der Waals surface area contributed by atoms with Gasteiger partial charge in [0.1, 0.15) is 11.6 Å². The number of hydrogen-bond acceptors (Lipinski definition) is 3. The van der Waals surface area contributed by atoms with Gasteiger partial charge in [-0.3, -0.25) is 0 Å². The molecule has 0 saturated heterocycles. The molecule has 90 valence electrons. The first kappa shape index (κ1) is 11.9. The van der Waals surface area contributed by atoms with E-state index in [9.17, 15) is 8.78 Å². The molecule has 0 aliphatic carbocycles. The van der Waals surface area contributed by atoms with E-state index in [0.717, 1.165) is 18.2 Å². The van der Waals surface area contributed by atoms with Crippen molar-refractivity contribution in [3.8, 4) is 6.07 Å². The fraction of sp³-hybridized carbons (Fsp3) is 0. The number of nitriles is 1. The molecule has 2 aromatic carbocycles. The molecule has 0 aliphatic heterocycles. The van der Waals surface area contributed by atoms with E-state index in [-0.39, 0.29) is 11.4 Å². The van der Waals surface area contributed by atoms with Gasteiger partial charge in [0.05, 0.1) is 28.7 Å². The van der Waals surface area contributed by atoms with Crippen molar-refractivity contribution in [3.05, 3.63) is 53.6 Å². The SMILES string of the molecule is N#Cc1ccc(Nc2cc(F)ccc2F)c(N)c1. The Bertz CT molecular complexity index is 633. The molecular weight excluding hydrogens is 236 g/mol. The van der Waals surface area contributed by atoms with Gasteiger partial charge in [-0.15, -0.1) is 0 Å². The number of nitrogen functional groups attached to an aromatic ring is 1. The molecule has 2 aromatic rings. The molecule has 0 saturated carbocycles. The normalized spacial score (nSPS) is 9.83. The monoisotopic (exact) mass is 245 g/mol. The van der Waals surface area contributed by atoms with Crippen LogP contribution in [0.5, 0.6) is 0 Å². The minimum Gasteiger partial charge on any atom is -0.397 e. The van der Waals surface area contributed by atoms with Gasteiger partial charge in [0.2, 0.25) is 0 Å². The third-order valence-corrected chi connectivity index (χ3v) is 2.38. The van der Waals surface area contributed by atoms with Crippen LogP contribution in [-0.2, 0) is 0 Å². The second-order valence-electron chi connectivity index (χ2n) is 3.66. The summed E-state index contributed by atoms with van der Waals surface area (Å²) in [4.78, 5) is 0. The second-order valence-corrected chi connectivity index (χ2v) is 3.66. The van der Waals surface area contributed by atoms with Crippen LogP contribution in [0.15, 0.2) is 36.4 Å². The summed E-state index contributed by atoms with van der Waals surface area (Å²) in [5.41, 5.74) is 6.80. The summed E-state index contributed by atoms with van der Waals surface area (Å²) in [6.45, 7) is 0. The lowest BCUT2D eigenvalue weighted by Gasteiger charge is -2.10. The molecule has 0 unspecified atom stereocenters. The molecule has 5 heteroatoms. The molecule has 0 aliphatic rings. The van der Waals surface area contributed by atoms with Crippen molar-refractivity contribution in [1.82, 2.24) is 0 Å². The topological polar surface area (TPSA) is 61.8 Å². The summed E-state index contributed by atoms with van der Waals surface area (Å²) >= 11 is 0. The van der Waals surface area contributed by atoms with Crippen molar-refractivity contribution in [1.29, 1.82) is 5.26 Å². The van der Waals surface area contributed by atoms with Crippen LogP contribution in [0.1, 0.15) is 5.56 Å². The molecule has 3 nitrogen and oxygen atoms in total. The number of benzene rings is 2. The zero-order chi connectivity index (χ0) is 13.1. The predicted octanol–water partition coefficient (Wildman–Crippen LogP) is 3.16. The maximum absolute atomic E-state index is 13.4. The van der Waals surface area contributed by atoms with Gasteiger partial charge in [0, 0.05) is 6.07 Å². The number of anilines is 3. The summed E-state index contributed by atoms with van der Waals surface area (Å²) < 4.78 is 26.4. The summed E-state index contributed by atoms with van der Waals surface area (Å²) in [5, 5.41) is 11.4. The van der Waals surface area contributed by atoms with Crippen LogP contribution in [-0.4, -0.2) is 0 Å². The smallest absolute Gasteiger partial charge is 0.146 e. The van der Waals surface area contributed by atoms with Crippen LogP contribution in [0, 0.1) is 23.0 Å². The third kappa shape index (κ3) is 2.38. The van der Waals surface area contributed by atoms with Gasteiger partial charge in [0.15, 0.2) is 0 Å². The Morgan fingerprint density at radius 3 is 2.50 bits per heavy atom. The lowest BCUT2D eigenvalue weighted by molar-refractivity contribution is 0.603. The Hall–Kier alpha value is -2.61. The minimum absolute atomic E-state index is 0.00796. The summed E-state index contributed by atoms with van der Waals surface area (Å²) in [5.74, 6) is -1.13. The molecule has 0 fully saturated rings. The molecule has 0 spiro atoms. The van der Waals surface area contributed by atoms with Gasteiger partial charge in [0.25, 0.3) is 0 Å². The van der Waals surface area contributed by atoms with E-state index in [2.05, 4.69) is 5.32 Å². The number of nitrogens with zero attached hydrogens (tertiary/aromatic N) is 1. The van der Waals surface area contributed by atoms with Crippen LogP contribution in [0.2, 0.25) is 0 Å². The lowest BCUT2D eigenvalue weighted by Crippen LogP contribution is -1.99. The first-order chi connectivity index (χ1) is 8.60. The summed E-state index contributed by atoms with van der Waals surface area (Å²) in [6.07, 6.45) is 0. The molecule has 0 aromatic heterocycles. The van der Waals surface area contributed by atoms with Gasteiger partial charge in [-0.1, -0.05) is 0 Å². The van der Waals surface area contributed by atoms with E-state index in [1.165, 1.54) is 18.2 Å². The van der Waals surface area contributed by atoms with Crippen LogP contribution < -0.4 is 11.1 Å². The highest BCUT2D eigenvalue weighted by Gasteiger charge is 2.06. The summed E-state index contributed by atoms with van der Waals surface area (Å²) in [6, 6.07) is 9.56. The zero-order valence-electron chi connectivity index (χ0n) is 9.24. The van der Waals surface area contributed by atoms with E-state index in [4.69, 9.17) is 11.0 Å². The quantitative estimate of drug-likeness (QED) is 0.799. The van der Waals surface area contributed by atoms with E-state index >= 15 is 0 Å². The van der Waals surface area contributed by atoms with E-state index < -0.39 is 11.6 Å². The number of rotatable bonds is 2. The Balaban J connectivity index is 2.34. The van der Waals surface area contributed by atoms with E-state index in [0.29, 0.717) is 11.3 Å². The van der Waals surface area contributed by atoms with Crippen LogP contribution in [0.25, 0.3) is 0 Å². The molecule has 0 atom stereocenters. The first-order valence-electron chi connectivity index (χ1n) is 5.12. The minimum atomic E-state index is -0.583. The Morgan fingerprint density at radius 2 is 1.83 bits per heavy atom. The van der Waals surface area contributed by atoms with Crippen molar-refractivity contribution >= 4 is 17.1 Å². The number of nitrogens with two attached hydrogens (primary N) is 1. The maximum atomic E-state index is 13.4. The molecule has 3 N–H and O–H groups in total. The maximum Gasteiger partial charge on any atom is 0.146 e. The fourth-order valence-electron chi connectivity index (χ4n) is 1.48. The molecule has 2 rings (SSSR count). The van der Waals surface area contributed by atoms with Gasteiger partial charge in [-0.2, -0.15) is 5.26 Å². The van der Waals surface area contributed by atoms with E-state index in [1.807, 2.05) is 6.07 Å². The van der Waals surface area contributed by atoms with Crippen LogP contribution >= 0.6 is 0 Å². The van der Waals surface area contributed by atoms with Gasteiger partial charge in [-0.25, -0.2) is 8.78 Å². The van der Waals surface area contributed by atoms with Crippen molar-refractivity contribution in [2.75, 3.05) is 11.1 Å². The van der Waals surface area contributed by atoms with E-state index in [1.54, 1.807) is 0 Å². The first-order valence-corrected chi connectivity index (χ1v) is 5.12. The molecular formula is C13H9F2N3. The lowest BCUT2D eigenvalue weighted by atomic mass is 10.2. The van der Waals surface area contributed by atoms with Crippen molar-refractivity contribution in [3.63, 3.8) is 0 Å². The average molecular weight is 245 g/mol. The number of halogens is 2. The Kier molecular flexibility index (Phi) is 3.11. The predicted molar refractivity (Wildman–Crippen MR) is 65.2 cm³/mol. The second kappa shape index (κ2) is 4.72. The third-order valence-electron chi connectivity index (χ3n) is 2.38. The highest BCUT2D eigenvalue weighted by Crippen LogP contribution is 2.26. The van der Waals surface area contributed by atoms with Crippen molar-refractivity contribution in [2.45, 2.75) is 0 Å². The van der Waals surface area contributed by atoms with Gasteiger partial charge < -0.3 is 11.1 Å². The summed E-state index contributed by atoms with van der Waals surface area (Å²) in [7, 11) is 0. The standard InChI is InChI=1S/C13H9F2N3/c14-9-2-3-10(15)13(6-9)18-12-4-1-8(7-16)5-11(12)17/h1-6,18H,17H2. The number of hydrogen-bond donors (Lipinski definition) is 2. The molecule has 18 heavy (non-hydrogen) atoms. The molecule has 0 heterocycles. The van der Waals surface area contributed by atoms with Crippen LogP contribution in [0.3, 0.4) is 0 Å². The Morgan fingerprint density at radius 1 is 1.06 bits per heavy atom. The Labute approximate surface area is 102 Å². The van der Waals surface area contributed by atoms with Crippen LogP contribution in [0.4, 0.5) is 25.8 Å². The largest absolute Gasteiger partial charge is 0.397 e. The molecule has 0 bridgehead atoms. The van der Waals surface area contributed by atoms with Crippen molar-refractivity contribution < 1.29 is 8.78 Å². The fourth-order valence-corrected chi connectivity index (χ4v) is 1.48. The van der Waals surface area contributed by atoms with Gasteiger partial charge >= 0.3 is 0 Å². The molecule has 0 radical (unpaired) electrons. The zero-order valence-corrected chi connectivity index (χ0v) is 9.24. The highest BCUT2D eigenvalue weighted by molar-refractivity contribution is 5.74. The number of nitrogens with one attached hydrogen (secondary N) is 1.